The van der Waals surface area contributed by atoms with Gasteiger partial charge in [0.1, 0.15) is 23.6 Å². The van der Waals surface area contributed by atoms with Gasteiger partial charge in [-0.25, -0.2) is 0 Å². The van der Waals surface area contributed by atoms with Crippen molar-refractivity contribution >= 4 is 12.4 Å². The lowest BCUT2D eigenvalue weighted by Crippen LogP contribution is -2.23. The van der Waals surface area contributed by atoms with Crippen molar-refractivity contribution < 1.29 is 18.8 Å². The van der Waals surface area contributed by atoms with E-state index in [2.05, 4.69) is 0 Å². The Labute approximate surface area is 155 Å². The first kappa shape index (κ1) is 18.8. The van der Waals surface area contributed by atoms with E-state index in [4.69, 9.17) is 14.2 Å². The van der Waals surface area contributed by atoms with Crippen LogP contribution in [-0.4, -0.2) is 25.7 Å². The summed E-state index contributed by atoms with van der Waals surface area (Å²) in [5.74, 6) is 2.19. The lowest BCUT2D eigenvalue weighted by Gasteiger charge is -2.28. The topological polar surface area (TPSA) is 44.8 Å². The Bertz CT molecular complexity index is 881. The van der Waals surface area contributed by atoms with Crippen LogP contribution in [0.1, 0.15) is 31.9 Å². The third-order valence-corrected chi connectivity index (χ3v) is 8.97. The summed E-state index contributed by atoms with van der Waals surface area (Å²) in [6, 6.07) is 7.87. The van der Waals surface area contributed by atoms with Crippen LogP contribution in [0.15, 0.2) is 24.3 Å². The van der Waals surface area contributed by atoms with Gasteiger partial charge in [-0.2, -0.15) is 0 Å². The highest BCUT2D eigenvalue weighted by Crippen LogP contribution is 2.63. The molecule has 0 aromatic heterocycles. The predicted molar refractivity (Wildman–Crippen MR) is 107 cm³/mol. The van der Waals surface area contributed by atoms with Gasteiger partial charge in [-0.3, -0.25) is 0 Å². The average molecular weight is 374 g/mol. The Kier molecular flexibility index (Phi) is 4.60. The SMILES string of the molecule is COc1c(C)cc(C)c(OC)c1-c1cccc2c1[P@](=O)(C(C)(C)C)CO2. The highest BCUT2D eigenvalue weighted by Gasteiger charge is 2.47. The van der Waals surface area contributed by atoms with Crippen molar-refractivity contribution in [2.75, 3.05) is 20.6 Å². The molecule has 2 aromatic rings. The molecule has 1 atom stereocenters. The van der Waals surface area contributed by atoms with E-state index >= 15 is 0 Å². The maximum absolute atomic E-state index is 14.0. The molecule has 0 fully saturated rings. The van der Waals surface area contributed by atoms with Gasteiger partial charge in [0, 0.05) is 10.7 Å². The predicted octanol–water partition coefficient (Wildman–Crippen LogP) is 5.12. The molecule has 0 spiro atoms. The van der Waals surface area contributed by atoms with Crippen molar-refractivity contribution in [3.8, 4) is 28.4 Å². The Hall–Kier alpha value is -1.93. The highest BCUT2D eigenvalue weighted by molar-refractivity contribution is 7.73. The second-order valence-corrected chi connectivity index (χ2v) is 11.3. The Balaban J connectivity index is 2.43. The van der Waals surface area contributed by atoms with E-state index in [-0.39, 0.29) is 6.35 Å². The van der Waals surface area contributed by atoms with Gasteiger partial charge < -0.3 is 18.8 Å². The molecule has 0 amide bonds. The first-order chi connectivity index (χ1) is 12.2. The molecule has 0 radical (unpaired) electrons. The molecule has 140 valence electrons. The minimum atomic E-state index is -2.77. The van der Waals surface area contributed by atoms with Crippen LogP contribution in [0, 0.1) is 13.8 Å². The van der Waals surface area contributed by atoms with E-state index in [0.717, 1.165) is 39.1 Å². The maximum Gasteiger partial charge on any atom is 0.160 e. The number of methoxy groups -OCH3 is 2. The number of aryl methyl sites for hydroxylation is 2. The van der Waals surface area contributed by atoms with Crippen LogP contribution in [0.2, 0.25) is 0 Å². The molecule has 1 heterocycles. The van der Waals surface area contributed by atoms with E-state index in [0.29, 0.717) is 5.75 Å². The second-order valence-electron chi connectivity index (χ2n) is 7.79. The van der Waals surface area contributed by atoms with Gasteiger partial charge in [0.05, 0.1) is 25.1 Å². The van der Waals surface area contributed by atoms with E-state index in [1.54, 1.807) is 14.2 Å². The van der Waals surface area contributed by atoms with Gasteiger partial charge in [-0.05, 0) is 37.1 Å². The van der Waals surface area contributed by atoms with E-state index in [1.807, 2.05) is 58.9 Å². The second kappa shape index (κ2) is 6.35. The Morgan fingerprint density at radius 3 is 2.12 bits per heavy atom. The van der Waals surface area contributed by atoms with Crippen LogP contribution in [0.25, 0.3) is 11.1 Å². The number of hydrogen-bond donors (Lipinski definition) is 0. The molecular formula is C21H27O4P. The molecule has 0 aliphatic carbocycles. The minimum Gasteiger partial charge on any atom is -0.496 e. The number of hydrogen-bond acceptors (Lipinski definition) is 4. The molecular weight excluding hydrogens is 347 g/mol. The van der Waals surface area contributed by atoms with Crippen molar-refractivity contribution in [2.24, 2.45) is 0 Å². The molecule has 1 aliphatic rings. The van der Waals surface area contributed by atoms with Crippen LogP contribution >= 0.6 is 7.14 Å². The van der Waals surface area contributed by atoms with Gasteiger partial charge >= 0.3 is 0 Å². The Morgan fingerprint density at radius 2 is 1.62 bits per heavy atom. The molecule has 0 saturated heterocycles. The zero-order valence-electron chi connectivity index (χ0n) is 16.6. The zero-order valence-corrected chi connectivity index (χ0v) is 17.5. The summed E-state index contributed by atoms with van der Waals surface area (Å²) in [7, 11) is 0.542. The lowest BCUT2D eigenvalue weighted by molar-refractivity contribution is 0.389. The van der Waals surface area contributed by atoms with Crippen molar-refractivity contribution in [1.82, 2.24) is 0 Å². The molecule has 1 aliphatic heterocycles. The summed E-state index contributed by atoms with van der Waals surface area (Å²) in [6.45, 7) is 10.1. The summed E-state index contributed by atoms with van der Waals surface area (Å²) in [4.78, 5) is 0. The summed E-state index contributed by atoms with van der Waals surface area (Å²) in [5.41, 5.74) is 3.75. The summed E-state index contributed by atoms with van der Waals surface area (Å²) in [6.07, 6.45) is 0.234. The number of rotatable bonds is 3. The largest absolute Gasteiger partial charge is 0.496 e. The number of fused-ring (bicyclic) bond motifs is 1. The lowest BCUT2D eigenvalue weighted by atomic mass is 9.97. The number of ether oxygens (including phenoxy) is 3. The molecule has 0 bridgehead atoms. The summed E-state index contributed by atoms with van der Waals surface area (Å²) >= 11 is 0. The standard InChI is InChI=1S/C21H27O4P/c1-13-11-14(2)19(24-7)17(18(13)23-6)15-9-8-10-16-20(15)26(22,12-25-16)21(3,4)5/h8-11H,12H2,1-7H3/t26-/m0/s1. The monoisotopic (exact) mass is 374 g/mol. The van der Waals surface area contributed by atoms with Crippen molar-refractivity contribution in [3.63, 3.8) is 0 Å². The molecule has 4 nitrogen and oxygen atoms in total. The normalized spacial score (nSPS) is 19.0. The average Bonchev–Trinajstić information content (AvgIpc) is 2.93. The molecule has 0 unspecified atom stereocenters. The molecule has 26 heavy (non-hydrogen) atoms. The first-order valence-electron chi connectivity index (χ1n) is 8.73. The van der Waals surface area contributed by atoms with E-state index < -0.39 is 12.3 Å². The zero-order chi connectivity index (χ0) is 19.3. The third kappa shape index (κ3) is 2.63. The van der Waals surface area contributed by atoms with Crippen molar-refractivity contribution in [3.05, 3.63) is 35.4 Å². The third-order valence-electron chi connectivity index (χ3n) is 5.13. The molecule has 0 N–H and O–H groups in total. The van der Waals surface area contributed by atoms with Crippen molar-refractivity contribution in [1.29, 1.82) is 0 Å². The summed E-state index contributed by atoms with van der Waals surface area (Å²) in [5, 5.41) is 0.405. The molecule has 2 aromatic carbocycles. The van der Waals surface area contributed by atoms with Crippen LogP contribution in [-0.2, 0) is 4.57 Å². The van der Waals surface area contributed by atoms with Gasteiger partial charge in [0.15, 0.2) is 7.14 Å². The van der Waals surface area contributed by atoms with Gasteiger partial charge in [0.2, 0.25) is 0 Å². The maximum atomic E-state index is 14.0. The van der Waals surface area contributed by atoms with Crippen LogP contribution in [0.4, 0.5) is 0 Å². The van der Waals surface area contributed by atoms with Crippen molar-refractivity contribution in [2.45, 2.75) is 39.8 Å². The first-order valence-corrected chi connectivity index (χ1v) is 10.6. The van der Waals surface area contributed by atoms with Gasteiger partial charge in [0.25, 0.3) is 0 Å². The van der Waals surface area contributed by atoms with Gasteiger partial charge in [-0.15, -0.1) is 0 Å². The molecule has 0 saturated carbocycles. The van der Waals surface area contributed by atoms with Crippen LogP contribution < -0.4 is 19.5 Å². The number of benzene rings is 2. The summed E-state index contributed by atoms with van der Waals surface area (Å²) < 4.78 is 31.3. The smallest absolute Gasteiger partial charge is 0.160 e. The Morgan fingerprint density at radius 1 is 1.04 bits per heavy atom. The fourth-order valence-corrected chi connectivity index (χ4v) is 6.27. The van der Waals surface area contributed by atoms with Crippen LogP contribution in [0.5, 0.6) is 17.2 Å². The minimum absolute atomic E-state index is 0.234. The van der Waals surface area contributed by atoms with E-state index in [9.17, 15) is 4.57 Å². The highest BCUT2D eigenvalue weighted by atomic mass is 31.2. The van der Waals surface area contributed by atoms with Gasteiger partial charge in [-0.1, -0.05) is 32.9 Å². The fourth-order valence-electron chi connectivity index (χ4n) is 3.69. The molecule has 3 rings (SSSR count). The molecule has 5 heteroatoms. The van der Waals surface area contributed by atoms with Crippen LogP contribution in [0.3, 0.4) is 0 Å². The van der Waals surface area contributed by atoms with E-state index in [1.165, 1.54) is 0 Å². The quantitative estimate of drug-likeness (QED) is 0.699. The fraction of sp³-hybridized carbons (Fsp3) is 0.429.